The number of hydrogen-bond donors (Lipinski definition) is 2. The average Bonchev–Trinajstić information content (AvgIpc) is 3.99. The van der Waals surface area contributed by atoms with Crippen molar-refractivity contribution < 1.29 is 8.83 Å². The van der Waals surface area contributed by atoms with Crippen molar-refractivity contribution in [3.8, 4) is 22.3 Å². The first-order valence-corrected chi connectivity index (χ1v) is 21.0. The predicted octanol–water partition coefficient (Wildman–Crippen LogP) is 15.1. The molecule has 0 amide bonds. The van der Waals surface area contributed by atoms with Crippen molar-refractivity contribution in [1.29, 1.82) is 5.41 Å². The molecule has 0 radical (unpaired) electrons. The molecule has 290 valence electrons. The van der Waals surface area contributed by atoms with E-state index in [1.807, 2.05) is 102 Å². The molecule has 3 N–H and O–H groups in total. The molecule has 12 aromatic rings. The molecule has 0 saturated heterocycles. The van der Waals surface area contributed by atoms with Crippen LogP contribution in [0.15, 0.2) is 202 Å². The molecule has 0 bridgehead atoms. The van der Waals surface area contributed by atoms with Crippen LogP contribution in [0.3, 0.4) is 0 Å². The monoisotopic (exact) mass is 803 g/mol. The van der Waals surface area contributed by atoms with Crippen molar-refractivity contribution in [2.24, 2.45) is 10.7 Å². The SMILES string of the molecule is Cc1ccccc1.N=C(N=C(N)c1cccc2oc3ccc(-c4cc(-c5ccc6c(c5)sc5ccccc56)cc5oc6ccccc6c45)cc3c12)c1ccc2ccccc2c1. The van der Waals surface area contributed by atoms with Crippen LogP contribution in [-0.4, -0.2) is 11.7 Å². The van der Waals surface area contributed by atoms with Gasteiger partial charge in [-0.3, -0.25) is 5.41 Å². The van der Waals surface area contributed by atoms with Gasteiger partial charge in [0, 0.05) is 52.8 Å². The third-order valence-corrected chi connectivity index (χ3v) is 12.6. The first-order chi connectivity index (χ1) is 29.9. The van der Waals surface area contributed by atoms with Crippen LogP contribution in [0.1, 0.15) is 16.7 Å². The topological polar surface area (TPSA) is 88.5 Å². The van der Waals surface area contributed by atoms with Crippen LogP contribution in [-0.2, 0) is 0 Å². The highest BCUT2D eigenvalue weighted by Gasteiger charge is 2.19. The zero-order valence-corrected chi connectivity index (χ0v) is 34.0. The lowest BCUT2D eigenvalue weighted by Crippen LogP contribution is -2.16. The lowest BCUT2D eigenvalue weighted by atomic mass is 9.93. The Bertz CT molecular complexity index is 3700. The fourth-order valence-corrected chi connectivity index (χ4v) is 9.62. The Morgan fingerprint density at radius 2 is 1.20 bits per heavy atom. The number of nitrogens with one attached hydrogen (secondary N) is 1. The first kappa shape index (κ1) is 36.3. The molecule has 0 aliphatic heterocycles. The summed E-state index contributed by atoms with van der Waals surface area (Å²) in [7, 11) is 0. The molecule has 12 rings (SSSR count). The van der Waals surface area contributed by atoms with Gasteiger partial charge in [0.05, 0.1) is 0 Å². The number of amidine groups is 2. The molecule has 3 aromatic heterocycles. The highest BCUT2D eigenvalue weighted by atomic mass is 32.1. The van der Waals surface area contributed by atoms with Crippen molar-refractivity contribution in [2.75, 3.05) is 0 Å². The number of para-hydroxylation sites is 1. The van der Waals surface area contributed by atoms with Crippen LogP contribution in [0.4, 0.5) is 0 Å². The summed E-state index contributed by atoms with van der Waals surface area (Å²) in [6.45, 7) is 2.08. The molecule has 3 heterocycles. The van der Waals surface area contributed by atoms with Gasteiger partial charge in [-0.2, -0.15) is 0 Å². The minimum atomic E-state index is 0.101. The van der Waals surface area contributed by atoms with Crippen molar-refractivity contribution >= 4 is 97.8 Å². The normalized spacial score (nSPS) is 11.9. The first-order valence-electron chi connectivity index (χ1n) is 20.2. The predicted molar refractivity (Wildman–Crippen MR) is 257 cm³/mol. The minimum absolute atomic E-state index is 0.101. The van der Waals surface area contributed by atoms with E-state index in [9.17, 15) is 0 Å². The van der Waals surface area contributed by atoms with Crippen molar-refractivity contribution in [3.63, 3.8) is 0 Å². The van der Waals surface area contributed by atoms with Gasteiger partial charge in [-0.1, -0.05) is 139 Å². The van der Waals surface area contributed by atoms with E-state index < -0.39 is 0 Å². The number of thiophene rings is 1. The van der Waals surface area contributed by atoms with Crippen LogP contribution < -0.4 is 5.73 Å². The van der Waals surface area contributed by atoms with E-state index in [1.54, 1.807) is 0 Å². The summed E-state index contributed by atoms with van der Waals surface area (Å²) in [6, 6.07) is 64.4. The van der Waals surface area contributed by atoms with Crippen LogP contribution in [0.2, 0.25) is 0 Å². The second kappa shape index (κ2) is 14.8. The Hall–Kier alpha value is -7.80. The molecule has 0 aliphatic rings. The lowest BCUT2D eigenvalue weighted by Gasteiger charge is -2.10. The largest absolute Gasteiger partial charge is 0.456 e. The number of nitrogens with zero attached hydrogens (tertiary/aromatic N) is 1. The van der Waals surface area contributed by atoms with E-state index in [4.69, 9.17) is 20.0 Å². The second-order valence-electron chi connectivity index (χ2n) is 15.4. The van der Waals surface area contributed by atoms with Crippen molar-refractivity contribution in [2.45, 2.75) is 6.92 Å². The highest BCUT2D eigenvalue weighted by molar-refractivity contribution is 7.25. The average molecular weight is 804 g/mol. The number of fused-ring (bicyclic) bond motifs is 10. The van der Waals surface area contributed by atoms with Gasteiger partial charge < -0.3 is 14.6 Å². The molecule has 5 nitrogen and oxygen atoms in total. The second-order valence-corrected chi connectivity index (χ2v) is 16.4. The standard InChI is InChI=1S/C48H29N3O2S.C7H8/c49-47(31-17-16-27-8-1-2-9-28(27)22-31)51-48(50)36-12-7-14-41-46(36)38-23-30(19-21-40(38)52-41)37-24-32(25-42-45(37)35-11-3-5-13-39(35)53-42)29-18-20-34-33-10-4-6-15-43(33)54-44(34)26-29;1-7-5-3-2-4-6-7/h1-26H,(H3,49,50,51);2-6H,1H3. The number of nitrogens with two attached hydrogens (primary N) is 1. The molecule has 6 heteroatoms. The smallest absolute Gasteiger partial charge is 0.154 e. The zero-order valence-electron chi connectivity index (χ0n) is 33.1. The third kappa shape index (κ3) is 6.51. The fourth-order valence-electron chi connectivity index (χ4n) is 8.48. The minimum Gasteiger partial charge on any atom is -0.456 e. The Balaban J connectivity index is 0.000000549. The third-order valence-electron chi connectivity index (χ3n) is 11.5. The van der Waals surface area contributed by atoms with E-state index in [-0.39, 0.29) is 11.7 Å². The summed E-state index contributed by atoms with van der Waals surface area (Å²) < 4.78 is 15.5. The summed E-state index contributed by atoms with van der Waals surface area (Å²) in [5.74, 6) is 0.359. The Labute approximate surface area is 355 Å². The molecule has 0 aliphatic carbocycles. The summed E-state index contributed by atoms with van der Waals surface area (Å²) in [5, 5.41) is 17.5. The van der Waals surface area contributed by atoms with Crippen molar-refractivity contribution in [1.82, 2.24) is 0 Å². The molecule has 0 spiro atoms. The molecule has 0 atom stereocenters. The summed E-state index contributed by atoms with van der Waals surface area (Å²) >= 11 is 1.82. The molecular weight excluding hydrogens is 767 g/mol. The van der Waals surface area contributed by atoms with Crippen LogP contribution >= 0.6 is 11.3 Å². The summed E-state index contributed by atoms with van der Waals surface area (Å²) in [5.41, 5.74) is 16.9. The van der Waals surface area contributed by atoms with Gasteiger partial charge in [0.1, 0.15) is 28.2 Å². The lowest BCUT2D eigenvalue weighted by molar-refractivity contribution is 0.669. The zero-order chi connectivity index (χ0) is 41.0. The molecule has 0 fully saturated rings. The number of benzene rings is 9. The number of furan rings is 2. The molecule has 0 saturated carbocycles. The van der Waals surface area contributed by atoms with E-state index >= 15 is 0 Å². The summed E-state index contributed by atoms with van der Waals surface area (Å²) in [6.07, 6.45) is 0. The molecule has 0 unspecified atom stereocenters. The van der Waals surface area contributed by atoms with Gasteiger partial charge in [-0.05, 0) is 94.5 Å². The quantitative estimate of drug-likeness (QED) is 0.137. The maximum absolute atomic E-state index is 8.86. The number of aliphatic imine (C=N–C) groups is 1. The van der Waals surface area contributed by atoms with E-state index in [0.717, 1.165) is 76.9 Å². The van der Waals surface area contributed by atoms with E-state index in [2.05, 4.69) is 109 Å². The van der Waals surface area contributed by atoms with Gasteiger partial charge >= 0.3 is 0 Å². The molecule has 9 aromatic carbocycles. The number of rotatable bonds is 4. The van der Waals surface area contributed by atoms with Gasteiger partial charge in [0.2, 0.25) is 0 Å². The summed E-state index contributed by atoms with van der Waals surface area (Å²) in [4.78, 5) is 4.61. The highest BCUT2D eigenvalue weighted by Crippen LogP contribution is 2.43. The number of hydrogen-bond acceptors (Lipinski definition) is 4. The van der Waals surface area contributed by atoms with Crippen molar-refractivity contribution in [3.05, 3.63) is 205 Å². The van der Waals surface area contributed by atoms with Crippen LogP contribution in [0.5, 0.6) is 0 Å². The maximum Gasteiger partial charge on any atom is 0.154 e. The van der Waals surface area contributed by atoms with Crippen LogP contribution in [0, 0.1) is 12.3 Å². The molecule has 61 heavy (non-hydrogen) atoms. The Morgan fingerprint density at radius 1 is 0.492 bits per heavy atom. The number of aryl methyl sites for hydroxylation is 1. The van der Waals surface area contributed by atoms with Gasteiger partial charge in [-0.15, -0.1) is 11.3 Å². The van der Waals surface area contributed by atoms with Gasteiger partial charge in [0.25, 0.3) is 0 Å². The Morgan fingerprint density at radius 3 is 2.05 bits per heavy atom. The Kier molecular flexibility index (Phi) is 8.80. The van der Waals surface area contributed by atoms with E-state index in [1.165, 1.54) is 25.7 Å². The van der Waals surface area contributed by atoms with E-state index in [0.29, 0.717) is 11.1 Å². The van der Waals surface area contributed by atoms with Crippen LogP contribution in [0.25, 0.3) is 97.1 Å². The maximum atomic E-state index is 8.86. The van der Waals surface area contributed by atoms with Gasteiger partial charge in [-0.25, -0.2) is 4.99 Å². The fraction of sp³-hybridized carbons (Fsp3) is 0.0182. The van der Waals surface area contributed by atoms with Gasteiger partial charge in [0.15, 0.2) is 5.84 Å². The molecular formula is C55H37N3O2S.